The summed E-state index contributed by atoms with van der Waals surface area (Å²) in [5, 5.41) is 2.92. The fraction of sp³-hybridized carbons (Fsp3) is 0.333. The molecule has 1 N–H and O–H groups in total. The Hall–Kier alpha value is -3.24. The average molecular weight is 633 g/mol. The van der Waals surface area contributed by atoms with Crippen LogP contribution in [0, 0.1) is 12.7 Å². The van der Waals surface area contributed by atoms with Gasteiger partial charge in [0.25, 0.3) is 10.0 Å². The number of sulfonamides is 1. The molecular formula is C30H35BrFN3O4S. The van der Waals surface area contributed by atoms with Crippen LogP contribution in [0.5, 0.6) is 0 Å². The number of nitrogens with zero attached hydrogens (tertiary/aromatic N) is 2. The molecule has 0 saturated carbocycles. The Bertz CT molecular complexity index is 1420. The Kier molecular flexibility index (Phi) is 10.1. The summed E-state index contributed by atoms with van der Waals surface area (Å²) in [4.78, 5) is 28.8. The van der Waals surface area contributed by atoms with Gasteiger partial charge >= 0.3 is 0 Å². The molecule has 0 fully saturated rings. The molecule has 0 aromatic heterocycles. The SMILES string of the molecule is CC[C@@H](C(=O)NC(C)(C)C)N(Cc1ccc(F)cc1)C(=O)CN(c1ccc(Br)cc1)S(=O)(=O)c1ccc(C)cc1. The molecule has 0 spiro atoms. The molecule has 3 aromatic rings. The van der Waals surface area contributed by atoms with Crippen LogP contribution in [-0.4, -0.2) is 43.3 Å². The third kappa shape index (κ3) is 8.14. The second kappa shape index (κ2) is 13.0. The van der Waals surface area contributed by atoms with Crippen molar-refractivity contribution in [1.29, 1.82) is 0 Å². The van der Waals surface area contributed by atoms with Crippen LogP contribution in [0.2, 0.25) is 0 Å². The van der Waals surface area contributed by atoms with Crippen molar-refractivity contribution < 1.29 is 22.4 Å². The van der Waals surface area contributed by atoms with E-state index in [0.717, 1.165) is 14.3 Å². The van der Waals surface area contributed by atoms with Crippen LogP contribution in [0.15, 0.2) is 82.2 Å². The van der Waals surface area contributed by atoms with Crippen molar-refractivity contribution in [3.8, 4) is 0 Å². The largest absolute Gasteiger partial charge is 0.350 e. The molecule has 214 valence electrons. The van der Waals surface area contributed by atoms with Crippen LogP contribution in [-0.2, 0) is 26.2 Å². The van der Waals surface area contributed by atoms with E-state index in [0.29, 0.717) is 11.3 Å². The van der Waals surface area contributed by atoms with E-state index >= 15 is 0 Å². The third-order valence-electron chi connectivity index (χ3n) is 6.15. The fourth-order valence-electron chi connectivity index (χ4n) is 4.13. The zero-order valence-corrected chi connectivity index (χ0v) is 25.7. The first-order valence-corrected chi connectivity index (χ1v) is 15.2. The van der Waals surface area contributed by atoms with E-state index in [4.69, 9.17) is 0 Å². The van der Waals surface area contributed by atoms with Gasteiger partial charge in [-0.3, -0.25) is 13.9 Å². The number of carbonyl (C=O) groups excluding carboxylic acids is 2. The first-order chi connectivity index (χ1) is 18.7. The molecule has 0 aliphatic heterocycles. The van der Waals surface area contributed by atoms with Crippen LogP contribution in [0.3, 0.4) is 0 Å². The highest BCUT2D eigenvalue weighted by Crippen LogP contribution is 2.26. The lowest BCUT2D eigenvalue weighted by atomic mass is 10.1. The second-order valence-electron chi connectivity index (χ2n) is 10.6. The van der Waals surface area contributed by atoms with Gasteiger partial charge in [0, 0.05) is 16.6 Å². The van der Waals surface area contributed by atoms with Crippen molar-refractivity contribution in [3.05, 3.63) is 94.2 Å². The molecule has 0 unspecified atom stereocenters. The molecule has 0 heterocycles. The molecule has 3 aromatic carbocycles. The molecule has 0 saturated heterocycles. The zero-order valence-electron chi connectivity index (χ0n) is 23.3. The smallest absolute Gasteiger partial charge is 0.264 e. The van der Waals surface area contributed by atoms with Crippen molar-refractivity contribution in [2.45, 2.75) is 64.1 Å². The summed E-state index contributed by atoms with van der Waals surface area (Å²) in [7, 11) is -4.15. The number of rotatable bonds is 10. The fourth-order valence-corrected chi connectivity index (χ4v) is 5.81. The van der Waals surface area contributed by atoms with Crippen LogP contribution in [0.4, 0.5) is 10.1 Å². The molecule has 0 bridgehead atoms. The van der Waals surface area contributed by atoms with E-state index < -0.39 is 39.9 Å². The van der Waals surface area contributed by atoms with Gasteiger partial charge in [-0.1, -0.05) is 52.7 Å². The van der Waals surface area contributed by atoms with E-state index in [1.807, 2.05) is 27.7 Å². The highest BCUT2D eigenvalue weighted by atomic mass is 79.9. The lowest BCUT2D eigenvalue weighted by Gasteiger charge is -2.34. The summed E-state index contributed by atoms with van der Waals surface area (Å²) in [5.74, 6) is -1.36. The van der Waals surface area contributed by atoms with Gasteiger partial charge in [-0.25, -0.2) is 12.8 Å². The number of carbonyl (C=O) groups is 2. The lowest BCUT2D eigenvalue weighted by molar-refractivity contribution is -0.141. The van der Waals surface area contributed by atoms with Crippen molar-refractivity contribution in [2.24, 2.45) is 0 Å². The lowest BCUT2D eigenvalue weighted by Crippen LogP contribution is -2.55. The van der Waals surface area contributed by atoms with Gasteiger partial charge in [-0.2, -0.15) is 0 Å². The maximum Gasteiger partial charge on any atom is 0.264 e. The molecular weight excluding hydrogens is 597 g/mol. The number of nitrogens with one attached hydrogen (secondary N) is 1. The van der Waals surface area contributed by atoms with Crippen molar-refractivity contribution in [3.63, 3.8) is 0 Å². The average Bonchev–Trinajstić information content (AvgIpc) is 2.88. The molecule has 2 amide bonds. The Morgan fingerprint density at radius 1 is 0.950 bits per heavy atom. The molecule has 3 rings (SSSR count). The van der Waals surface area contributed by atoms with Crippen molar-refractivity contribution in [2.75, 3.05) is 10.8 Å². The first-order valence-electron chi connectivity index (χ1n) is 12.9. The number of benzene rings is 3. The number of amides is 2. The monoisotopic (exact) mass is 631 g/mol. The van der Waals surface area contributed by atoms with Gasteiger partial charge in [0.05, 0.1) is 10.6 Å². The quantitative estimate of drug-likeness (QED) is 0.306. The van der Waals surface area contributed by atoms with E-state index in [9.17, 15) is 22.4 Å². The molecule has 0 radical (unpaired) electrons. The standard InChI is InChI=1S/C30H35BrFN3O4S/c1-6-27(29(37)33-30(3,4)5)34(19-22-9-13-24(32)14-10-22)28(36)20-35(25-15-11-23(31)12-16-25)40(38,39)26-17-7-21(2)8-18-26/h7-18,27H,6,19-20H2,1-5H3,(H,33,37)/t27-/m0/s1. The molecule has 40 heavy (non-hydrogen) atoms. The van der Waals surface area contributed by atoms with Crippen LogP contribution < -0.4 is 9.62 Å². The summed E-state index contributed by atoms with van der Waals surface area (Å²) in [6.07, 6.45) is 0.290. The van der Waals surface area contributed by atoms with Crippen LogP contribution >= 0.6 is 15.9 Å². The van der Waals surface area contributed by atoms with Gasteiger partial charge in [-0.05, 0) is 88.2 Å². The highest BCUT2D eigenvalue weighted by molar-refractivity contribution is 9.10. The summed E-state index contributed by atoms with van der Waals surface area (Å²) in [5.41, 5.74) is 1.25. The topological polar surface area (TPSA) is 86.8 Å². The van der Waals surface area contributed by atoms with E-state index in [-0.39, 0.29) is 23.8 Å². The number of anilines is 1. The van der Waals surface area contributed by atoms with Gasteiger partial charge in [0.15, 0.2) is 0 Å². The van der Waals surface area contributed by atoms with Gasteiger partial charge in [-0.15, -0.1) is 0 Å². The number of aryl methyl sites for hydroxylation is 1. The molecule has 10 heteroatoms. The second-order valence-corrected chi connectivity index (χ2v) is 13.4. The number of hydrogen-bond acceptors (Lipinski definition) is 4. The minimum Gasteiger partial charge on any atom is -0.350 e. The normalized spacial score (nSPS) is 12.5. The Morgan fingerprint density at radius 2 is 1.52 bits per heavy atom. The predicted molar refractivity (Wildman–Crippen MR) is 159 cm³/mol. The van der Waals surface area contributed by atoms with Gasteiger partial charge in [0.1, 0.15) is 18.4 Å². The maximum atomic E-state index is 14.0. The Morgan fingerprint density at radius 3 is 2.05 bits per heavy atom. The summed E-state index contributed by atoms with van der Waals surface area (Å²) in [6, 6.07) is 17.8. The van der Waals surface area contributed by atoms with E-state index in [1.54, 1.807) is 55.5 Å². The summed E-state index contributed by atoms with van der Waals surface area (Å²) >= 11 is 3.37. The molecule has 0 aliphatic carbocycles. The van der Waals surface area contributed by atoms with E-state index in [1.165, 1.54) is 29.2 Å². The Labute approximate surface area is 244 Å². The summed E-state index contributed by atoms with van der Waals surface area (Å²) in [6.45, 7) is 8.61. The molecule has 0 aliphatic rings. The molecule has 7 nitrogen and oxygen atoms in total. The Balaban J connectivity index is 2.06. The predicted octanol–water partition coefficient (Wildman–Crippen LogP) is 5.81. The van der Waals surface area contributed by atoms with E-state index in [2.05, 4.69) is 21.2 Å². The minimum absolute atomic E-state index is 0.00601. The third-order valence-corrected chi connectivity index (χ3v) is 8.47. The van der Waals surface area contributed by atoms with Crippen molar-refractivity contribution in [1.82, 2.24) is 10.2 Å². The first kappa shape index (κ1) is 31.3. The van der Waals surface area contributed by atoms with Gasteiger partial charge in [0.2, 0.25) is 11.8 Å². The molecule has 1 atom stereocenters. The highest BCUT2D eigenvalue weighted by Gasteiger charge is 2.34. The number of halogens is 2. The summed E-state index contributed by atoms with van der Waals surface area (Å²) < 4.78 is 43.1. The number of hydrogen-bond donors (Lipinski definition) is 1. The van der Waals surface area contributed by atoms with Gasteiger partial charge < -0.3 is 10.2 Å². The zero-order chi connectivity index (χ0) is 29.7. The minimum atomic E-state index is -4.15. The van der Waals surface area contributed by atoms with Crippen LogP contribution in [0.1, 0.15) is 45.2 Å². The maximum absolute atomic E-state index is 14.0. The van der Waals surface area contributed by atoms with Crippen LogP contribution in [0.25, 0.3) is 0 Å². The van der Waals surface area contributed by atoms with Crippen molar-refractivity contribution >= 4 is 43.5 Å².